The monoisotopic (exact) mass is 360 g/mol. The number of rotatable bonds is 3. The summed E-state index contributed by atoms with van der Waals surface area (Å²) in [5.74, 6) is -0.188. The largest absolute Gasteiger partial charge is 0.339 e. The van der Waals surface area contributed by atoms with E-state index < -0.39 is 12.3 Å². The Bertz CT molecular complexity index is 926. The summed E-state index contributed by atoms with van der Waals surface area (Å²) >= 11 is 4.29. The number of alkyl halides is 2. The minimum absolute atomic E-state index is 0.196. The number of hydrogen-bond acceptors (Lipinski definition) is 4. The molecule has 1 amide bonds. The molecule has 2 aromatic rings. The van der Waals surface area contributed by atoms with E-state index in [0.29, 0.717) is 16.3 Å². The molecular formula is C17H14F2N4OS. The summed E-state index contributed by atoms with van der Waals surface area (Å²) in [6.07, 6.45) is 1.74. The predicted octanol–water partition coefficient (Wildman–Crippen LogP) is 4.00. The maximum absolute atomic E-state index is 13.4. The Balaban J connectivity index is 1.70. The second kappa shape index (κ2) is 6.03. The van der Waals surface area contributed by atoms with Gasteiger partial charge in [0.05, 0.1) is 11.9 Å². The molecule has 0 unspecified atom stereocenters. The van der Waals surface area contributed by atoms with E-state index in [9.17, 15) is 13.6 Å². The first-order chi connectivity index (χ1) is 12.0. The number of hydrogen-bond donors (Lipinski definition) is 3. The van der Waals surface area contributed by atoms with Crippen molar-refractivity contribution in [2.24, 2.45) is 0 Å². The van der Waals surface area contributed by atoms with Crippen molar-refractivity contribution in [3.05, 3.63) is 53.4 Å². The summed E-state index contributed by atoms with van der Waals surface area (Å²) < 4.78 is 27.8. The first-order valence-electron chi connectivity index (χ1n) is 7.71. The van der Waals surface area contributed by atoms with Crippen LogP contribution in [-0.4, -0.2) is 22.1 Å². The molecule has 1 aromatic carbocycles. The molecule has 0 radical (unpaired) electrons. The summed E-state index contributed by atoms with van der Waals surface area (Å²) in [6.45, 7) is 0. The molecule has 0 saturated heterocycles. The van der Waals surface area contributed by atoms with Gasteiger partial charge in [-0.25, -0.2) is 13.5 Å². The standard InChI is InChI=1S/C17H14F2N4OS/c18-15(19)13-7-12(9-5-6-9)21-16-10(8-20-23(13)16)17(24)22-11-3-1-2-4-14(11)25/h1-4,7-8,15,21,25H,5-6H2,(H,22,24). The Morgan fingerprint density at radius 3 is 2.76 bits per heavy atom. The lowest BCUT2D eigenvalue weighted by atomic mass is 10.2. The van der Waals surface area contributed by atoms with Crippen molar-refractivity contribution in [1.29, 1.82) is 0 Å². The average molecular weight is 360 g/mol. The Kier molecular flexibility index (Phi) is 3.84. The number of amides is 1. The maximum Gasteiger partial charge on any atom is 0.280 e. The van der Waals surface area contributed by atoms with Gasteiger partial charge in [0.25, 0.3) is 12.3 Å². The summed E-state index contributed by atoms with van der Waals surface area (Å²) in [7, 11) is 0. The first-order valence-corrected chi connectivity index (χ1v) is 8.16. The van der Waals surface area contributed by atoms with Gasteiger partial charge in [-0.15, -0.1) is 12.6 Å². The molecular weight excluding hydrogens is 346 g/mol. The number of halogens is 2. The third kappa shape index (κ3) is 2.93. The molecule has 2 heterocycles. The second-order valence-corrected chi connectivity index (χ2v) is 6.28. The molecule has 1 fully saturated rings. The molecule has 0 bridgehead atoms. The Hall–Kier alpha value is -2.61. The van der Waals surface area contributed by atoms with Gasteiger partial charge in [-0.05, 0) is 36.6 Å². The average Bonchev–Trinajstić information content (AvgIpc) is 3.35. The number of carbonyl (C=O) groups excluding carboxylic acids is 1. The van der Waals surface area contributed by atoms with Gasteiger partial charge in [-0.3, -0.25) is 4.79 Å². The van der Waals surface area contributed by atoms with Gasteiger partial charge in [0.2, 0.25) is 0 Å². The van der Waals surface area contributed by atoms with Crippen molar-refractivity contribution in [2.45, 2.75) is 24.2 Å². The van der Waals surface area contributed by atoms with E-state index in [4.69, 9.17) is 0 Å². The molecule has 1 aliphatic carbocycles. The van der Waals surface area contributed by atoms with E-state index in [1.165, 1.54) is 12.3 Å². The summed E-state index contributed by atoms with van der Waals surface area (Å²) in [5, 5.41) is 9.76. The zero-order valence-corrected chi connectivity index (χ0v) is 13.9. The van der Waals surface area contributed by atoms with Crippen LogP contribution in [0.4, 0.5) is 20.3 Å². The van der Waals surface area contributed by atoms with E-state index in [2.05, 4.69) is 28.4 Å². The van der Waals surface area contributed by atoms with Crippen molar-refractivity contribution in [3.8, 4) is 0 Å². The van der Waals surface area contributed by atoms with Gasteiger partial charge >= 0.3 is 0 Å². The predicted molar refractivity (Wildman–Crippen MR) is 94.0 cm³/mol. The van der Waals surface area contributed by atoms with Crippen LogP contribution in [0, 0.1) is 0 Å². The highest BCUT2D eigenvalue weighted by atomic mass is 32.1. The van der Waals surface area contributed by atoms with E-state index >= 15 is 0 Å². The fourth-order valence-corrected chi connectivity index (χ4v) is 2.87. The number of aromatic nitrogens is 2. The van der Waals surface area contributed by atoms with Crippen molar-refractivity contribution in [1.82, 2.24) is 9.78 Å². The lowest BCUT2D eigenvalue weighted by Crippen LogP contribution is -2.20. The minimum atomic E-state index is -2.69. The highest BCUT2D eigenvalue weighted by molar-refractivity contribution is 7.80. The van der Waals surface area contributed by atoms with Gasteiger partial charge in [0.1, 0.15) is 17.1 Å². The molecule has 25 heavy (non-hydrogen) atoms. The fourth-order valence-electron chi connectivity index (χ4n) is 2.65. The van der Waals surface area contributed by atoms with Crippen LogP contribution in [0.3, 0.4) is 0 Å². The number of fused-ring (bicyclic) bond motifs is 1. The lowest BCUT2D eigenvalue weighted by molar-refractivity contribution is 0.102. The Labute approximate surface area is 147 Å². The Morgan fingerprint density at radius 2 is 2.08 bits per heavy atom. The van der Waals surface area contributed by atoms with Gasteiger partial charge in [-0.2, -0.15) is 5.10 Å². The first kappa shape index (κ1) is 15.9. The zero-order valence-electron chi connectivity index (χ0n) is 13.0. The topological polar surface area (TPSA) is 59.0 Å². The van der Waals surface area contributed by atoms with Gasteiger partial charge in [-0.1, -0.05) is 12.1 Å². The molecule has 1 aliphatic heterocycles. The van der Waals surface area contributed by atoms with Gasteiger partial charge in [0, 0.05) is 10.6 Å². The fraction of sp³-hybridized carbons (Fsp3) is 0.176. The minimum Gasteiger partial charge on any atom is -0.339 e. The smallest absolute Gasteiger partial charge is 0.280 e. The summed E-state index contributed by atoms with van der Waals surface area (Å²) in [4.78, 5) is 13.2. The lowest BCUT2D eigenvalue weighted by Gasteiger charge is -2.20. The number of nitrogens with zero attached hydrogens (tertiary/aromatic N) is 2. The van der Waals surface area contributed by atoms with Crippen LogP contribution in [0.1, 0.15) is 23.2 Å². The zero-order chi connectivity index (χ0) is 17.6. The molecule has 2 aliphatic rings. The van der Waals surface area contributed by atoms with Crippen molar-refractivity contribution < 1.29 is 13.6 Å². The quantitative estimate of drug-likeness (QED) is 0.725. The van der Waals surface area contributed by atoms with Crippen molar-refractivity contribution >= 4 is 35.7 Å². The molecule has 4 rings (SSSR count). The molecule has 5 nitrogen and oxygen atoms in total. The molecule has 2 N–H and O–H groups in total. The van der Waals surface area contributed by atoms with Crippen LogP contribution in [0.25, 0.3) is 5.70 Å². The summed E-state index contributed by atoms with van der Waals surface area (Å²) in [5.41, 5.74) is 2.19. The van der Waals surface area contributed by atoms with Crippen LogP contribution < -0.4 is 10.6 Å². The number of benzene rings is 1. The second-order valence-electron chi connectivity index (χ2n) is 5.80. The van der Waals surface area contributed by atoms with Crippen LogP contribution in [0.15, 0.2) is 52.7 Å². The summed E-state index contributed by atoms with van der Waals surface area (Å²) in [6, 6.07) is 7.03. The van der Waals surface area contributed by atoms with Crippen LogP contribution in [0.2, 0.25) is 0 Å². The SMILES string of the molecule is O=C(Nc1ccccc1S)c1cnn2c1NC(=C1CC1)C=C2C(F)F. The molecule has 1 aromatic heterocycles. The highest BCUT2D eigenvalue weighted by Gasteiger charge is 2.30. The number of allylic oxidation sites excluding steroid dienone is 3. The van der Waals surface area contributed by atoms with E-state index in [0.717, 1.165) is 23.1 Å². The number of thiol groups is 1. The number of nitrogens with one attached hydrogen (secondary N) is 2. The normalized spacial score (nSPS) is 15.6. The molecule has 1 saturated carbocycles. The highest BCUT2D eigenvalue weighted by Crippen LogP contribution is 2.38. The molecule has 128 valence electrons. The third-order valence-electron chi connectivity index (χ3n) is 4.06. The van der Waals surface area contributed by atoms with Gasteiger partial charge in [0.15, 0.2) is 0 Å². The molecule has 8 heteroatoms. The van der Waals surface area contributed by atoms with Crippen LogP contribution in [0.5, 0.6) is 0 Å². The van der Waals surface area contributed by atoms with Crippen molar-refractivity contribution in [3.63, 3.8) is 0 Å². The number of anilines is 2. The Morgan fingerprint density at radius 1 is 1.32 bits per heavy atom. The number of carbonyl (C=O) groups is 1. The van der Waals surface area contributed by atoms with Gasteiger partial charge < -0.3 is 10.6 Å². The van der Waals surface area contributed by atoms with E-state index in [1.54, 1.807) is 24.3 Å². The van der Waals surface area contributed by atoms with Crippen molar-refractivity contribution in [2.75, 3.05) is 10.6 Å². The van der Waals surface area contributed by atoms with E-state index in [1.807, 2.05) is 0 Å². The maximum atomic E-state index is 13.4. The molecule has 0 atom stereocenters. The van der Waals surface area contributed by atoms with E-state index in [-0.39, 0.29) is 17.1 Å². The molecule has 0 spiro atoms. The van der Waals surface area contributed by atoms with Crippen LogP contribution in [-0.2, 0) is 0 Å². The third-order valence-corrected chi connectivity index (χ3v) is 4.45. The number of para-hydroxylation sites is 1. The van der Waals surface area contributed by atoms with Crippen LogP contribution >= 0.6 is 12.6 Å².